The van der Waals surface area contributed by atoms with Crippen molar-refractivity contribution in [2.45, 2.75) is 65.1 Å². The highest BCUT2D eigenvalue weighted by Gasteiger charge is 2.46. The summed E-state index contributed by atoms with van der Waals surface area (Å²) in [5.74, 6) is 1.32. The number of hydrogen-bond acceptors (Lipinski definition) is 2. The Morgan fingerprint density at radius 2 is 1.88 bits per heavy atom. The van der Waals surface area contributed by atoms with E-state index in [0.29, 0.717) is 17.4 Å². The minimum atomic E-state index is 0.0431. The van der Waals surface area contributed by atoms with Crippen LogP contribution < -0.4 is 5.73 Å². The lowest BCUT2D eigenvalue weighted by Gasteiger charge is -2.26. The van der Waals surface area contributed by atoms with Crippen LogP contribution in [0.2, 0.25) is 0 Å². The second kappa shape index (κ2) is 3.99. The van der Waals surface area contributed by atoms with Crippen molar-refractivity contribution in [3.05, 3.63) is 0 Å². The summed E-state index contributed by atoms with van der Waals surface area (Å²) in [6.45, 7) is 9.95. The zero-order chi connectivity index (χ0) is 12.0. The van der Waals surface area contributed by atoms with E-state index in [1.165, 1.54) is 19.3 Å². The van der Waals surface area contributed by atoms with Crippen LogP contribution in [-0.2, 0) is 4.74 Å². The maximum Gasteiger partial charge on any atom is 0.0651 e. The van der Waals surface area contributed by atoms with E-state index in [9.17, 15) is 0 Å². The minimum absolute atomic E-state index is 0.0431. The van der Waals surface area contributed by atoms with Crippen molar-refractivity contribution in [1.29, 1.82) is 0 Å². The quantitative estimate of drug-likeness (QED) is 0.784. The minimum Gasteiger partial charge on any atom is -0.372 e. The molecule has 0 aromatic carbocycles. The molecule has 1 aliphatic heterocycles. The lowest BCUT2D eigenvalue weighted by molar-refractivity contribution is -0.0479. The zero-order valence-electron chi connectivity index (χ0n) is 11.3. The Labute approximate surface area is 99.9 Å². The van der Waals surface area contributed by atoms with Crippen LogP contribution in [0.3, 0.4) is 0 Å². The van der Waals surface area contributed by atoms with Crippen molar-refractivity contribution in [3.63, 3.8) is 0 Å². The second-order valence-corrected chi connectivity index (χ2v) is 7.21. The van der Waals surface area contributed by atoms with Crippen molar-refractivity contribution in [1.82, 2.24) is 0 Å². The van der Waals surface area contributed by atoms with Gasteiger partial charge >= 0.3 is 0 Å². The van der Waals surface area contributed by atoms with Crippen LogP contribution in [0.5, 0.6) is 0 Å². The Kier molecular flexibility index (Phi) is 3.09. The Bertz CT molecular complexity index is 259. The van der Waals surface area contributed by atoms with Crippen molar-refractivity contribution in [3.8, 4) is 0 Å². The molecule has 16 heavy (non-hydrogen) atoms. The fraction of sp³-hybridized carbons (Fsp3) is 1.00. The zero-order valence-corrected chi connectivity index (χ0v) is 11.3. The molecule has 94 valence electrons. The number of nitrogens with two attached hydrogens (primary N) is 1. The first-order valence-electron chi connectivity index (χ1n) is 6.71. The van der Waals surface area contributed by atoms with Crippen LogP contribution in [0.25, 0.3) is 0 Å². The SMILES string of the molecule is CC1(C)CCC(C2OC(C)(C)CC2CN)C1. The highest BCUT2D eigenvalue weighted by atomic mass is 16.5. The highest BCUT2D eigenvalue weighted by Crippen LogP contribution is 2.48. The first-order valence-corrected chi connectivity index (χ1v) is 6.71. The van der Waals surface area contributed by atoms with E-state index >= 15 is 0 Å². The van der Waals surface area contributed by atoms with Gasteiger partial charge in [-0.05, 0) is 57.4 Å². The summed E-state index contributed by atoms with van der Waals surface area (Å²) in [6, 6.07) is 0. The predicted molar refractivity (Wildman–Crippen MR) is 67.2 cm³/mol. The van der Waals surface area contributed by atoms with Gasteiger partial charge in [0.2, 0.25) is 0 Å². The van der Waals surface area contributed by atoms with E-state index in [4.69, 9.17) is 10.5 Å². The Hall–Kier alpha value is -0.0800. The van der Waals surface area contributed by atoms with Gasteiger partial charge in [0.15, 0.2) is 0 Å². The summed E-state index contributed by atoms with van der Waals surface area (Å²) in [5, 5.41) is 0. The number of ether oxygens (including phenoxy) is 1. The van der Waals surface area contributed by atoms with Crippen molar-refractivity contribution < 1.29 is 4.74 Å². The van der Waals surface area contributed by atoms with Gasteiger partial charge in [-0.2, -0.15) is 0 Å². The first-order chi connectivity index (χ1) is 7.33. The normalized spacial score (nSPS) is 41.4. The summed E-state index contributed by atoms with van der Waals surface area (Å²) >= 11 is 0. The maximum absolute atomic E-state index is 6.25. The van der Waals surface area contributed by atoms with Gasteiger partial charge in [-0.25, -0.2) is 0 Å². The van der Waals surface area contributed by atoms with Gasteiger partial charge in [0.1, 0.15) is 0 Å². The maximum atomic E-state index is 6.25. The second-order valence-electron chi connectivity index (χ2n) is 7.21. The Morgan fingerprint density at radius 3 is 2.38 bits per heavy atom. The fourth-order valence-corrected chi connectivity index (χ4v) is 3.73. The van der Waals surface area contributed by atoms with Crippen LogP contribution >= 0.6 is 0 Å². The van der Waals surface area contributed by atoms with Gasteiger partial charge in [0.25, 0.3) is 0 Å². The van der Waals surface area contributed by atoms with Crippen LogP contribution in [0.1, 0.15) is 53.4 Å². The molecule has 2 aliphatic rings. The number of hydrogen-bond donors (Lipinski definition) is 1. The Morgan fingerprint density at radius 1 is 1.19 bits per heavy atom. The fourth-order valence-electron chi connectivity index (χ4n) is 3.73. The molecule has 0 aromatic heterocycles. The van der Waals surface area contributed by atoms with Gasteiger partial charge in [-0.3, -0.25) is 0 Å². The molecule has 0 bridgehead atoms. The lowest BCUT2D eigenvalue weighted by Crippen LogP contribution is -2.30. The standard InChI is InChI=1S/C14H27NO/c1-13(2)6-5-10(7-13)12-11(9-15)8-14(3,4)16-12/h10-12H,5-9,15H2,1-4H3. The average molecular weight is 225 g/mol. The van der Waals surface area contributed by atoms with Crippen molar-refractivity contribution >= 4 is 0 Å². The lowest BCUT2D eigenvalue weighted by atomic mass is 9.84. The molecular formula is C14H27NO. The van der Waals surface area contributed by atoms with Crippen LogP contribution in [0.15, 0.2) is 0 Å². The molecule has 2 rings (SSSR count). The summed E-state index contributed by atoms with van der Waals surface area (Å²) < 4.78 is 6.25. The van der Waals surface area contributed by atoms with Crippen LogP contribution in [-0.4, -0.2) is 18.2 Å². The molecule has 1 saturated heterocycles. The van der Waals surface area contributed by atoms with E-state index in [0.717, 1.165) is 18.9 Å². The molecule has 2 fully saturated rings. The van der Waals surface area contributed by atoms with Gasteiger partial charge in [-0.1, -0.05) is 13.8 Å². The van der Waals surface area contributed by atoms with Crippen LogP contribution in [0.4, 0.5) is 0 Å². The molecular weight excluding hydrogens is 198 g/mol. The van der Waals surface area contributed by atoms with E-state index in [-0.39, 0.29) is 5.60 Å². The topological polar surface area (TPSA) is 35.2 Å². The van der Waals surface area contributed by atoms with E-state index in [2.05, 4.69) is 27.7 Å². The first kappa shape index (κ1) is 12.4. The molecule has 3 atom stereocenters. The van der Waals surface area contributed by atoms with Crippen molar-refractivity contribution in [2.75, 3.05) is 6.54 Å². The molecule has 0 spiro atoms. The molecule has 3 unspecified atom stereocenters. The van der Waals surface area contributed by atoms with E-state index in [1.807, 2.05) is 0 Å². The molecule has 0 amide bonds. The van der Waals surface area contributed by atoms with Gasteiger partial charge in [0, 0.05) is 5.92 Å². The molecule has 2 N–H and O–H groups in total. The van der Waals surface area contributed by atoms with Crippen molar-refractivity contribution in [2.24, 2.45) is 23.0 Å². The summed E-state index contributed by atoms with van der Waals surface area (Å²) in [6.07, 6.45) is 5.52. The van der Waals surface area contributed by atoms with Gasteiger partial charge in [0.05, 0.1) is 11.7 Å². The predicted octanol–water partition coefficient (Wildman–Crippen LogP) is 2.96. The monoisotopic (exact) mass is 225 g/mol. The molecule has 1 heterocycles. The third kappa shape index (κ3) is 2.43. The molecule has 0 aromatic rings. The average Bonchev–Trinajstić information content (AvgIpc) is 2.65. The molecule has 2 heteroatoms. The third-order valence-corrected chi connectivity index (χ3v) is 4.45. The van der Waals surface area contributed by atoms with Gasteiger partial charge in [-0.15, -0.1) is 0 Å². The van der Waals surface area contributed by atoms with Gasteiger partial charge < -0.3 is 10.5 Å². The van der Waals surface area contributed by atoms with E-state index < -0.39 is 0 Å². The number of rotatable bonds is 2. The largest absolute Gasteiger partial charge is 0.372 e. The van der Waals surface area contributed by atoms with E-state index in [1.54, 1.807) is 0 Å². The molecule has 0 radical (unpaired) electrons. The smallest absolute Gasteiger partial charge is 0.0651 e. The molecule has 1 aliphatic carbocycles. The summed E-state index contributed by atoms with van der Waals surface area (Å²) in [7, 11) is 0. The summed E-state index contributed by atoms with van der Waals surface area (Å²) in [5.41, 5.74) is 6.46. The summed E-state index contributed by atoms with van der Waals surface area (Å²) in [4.78, 5) is 0. The molecule has 1 saturated carbocycles. The highest BCUT2D eigenvalue weighted by molar-refractivity contribution is 4.96. The van der Waals surface area contributed by atoms with Crippen LogP contribution in [0, 0.1) is 17.3 Å². The Balaban J connectivity index is 2.04. The third-order valence-electron chi connectivity index (χ3n) is 4.45. The molecule has 2 nitrogen and oxygen atoms in total.